The van der Waals surface area contributed by atoms with Crippen molar-refractivity contribution in [3.05, 3.63) is 29.3 Å². The molecule has 0 amide bonds. The van der Waals surface area contributed by atoms with E-state index in [2.05, 4.69) is 0 Å². The predicted molar refractivity (Wildman–Crippen MR) is 66.7 cm³/mol. The number of carbonyl (C=O) groups excluding carboxylic acids is 1. The van der Waals surface area contributed by atoms with Crippen LogP contribution in [0.4, 0.5) is 5.69 Å². The fourth-order valence-corrected chi connectivity index (χ4v) is 1.39. The molecule has 1 aromatic rings. The number of hydrogen-bond acceptors (Lipinski definition) is 4. The maximum absolute atomic E-state index is 11.8. The molecule has 0 saturated heterocycles. The van der Waals surface area contributed by atoms with Crippen molar-refractivity contribution in [1.82, 2.24) is 0 Å². The highest BCUT2D eigenvalue weighted by atomic mass is 16.5. The topological polar surface area (TPSA) is 72.6 Å². The summed E-state index contributed by atoms with van der Waals surface area (Å²) in [6.45, 7) is 5.51. The third-order valence-electron chi connectivity index (χ3n) is 2.66. The highest BCUT2D eigenvalue weighted by Crippen LogP contribution is 2.17. The number of anilines is 1. The monoisotopic (exact) mass is 237 g/mol. The molecule has 3 N–H and O–H groups in total. The quantitative estimate of drug-likeness (QED) is 0.618. The van der Waals surface area contributed by atoms with Crippen molar-refractivity contribution in [2.24, 2.45) is 5.92 Å². The van der Waals surface area contributed by atoms with E-state index in [1.54, 1.807) is 25.1 Å². The fourth-order valence-electron chi connectivity index (χ4n) is 1.39. The molecule has 4 nitrogen and oxygen atoms in total. The van der Waals surface area contributed by atoms with Crippen LogP contribution in [-0.2, 0) is 4.74 Å². The Kier molecular flexibility index (Phi) is 4.52. The van der Waals surface area contributed by atoms with Crippen LogP contribution in [0.1, 0.15) is 29.8 Å². The van der Waals surface area contributed by atoms with Crippen LogP contribution in [0.2, 0.25) is 0 Å². The van der Waals surface area contributed by atoms with Gasteiger partial charge in [-0.2, -0.15) is 0 Å². The molecule has 94 valence electrons. The van der Waals surface area contributed by atoms with Crippen molar-refractivity contribution in [2.75, 3.05) is 12.3 Å². The average Bonchev–Trinajstić information content (AvgIpc) is 2.25. The number of ether oxygens (including phenoxy) is 1. The van der Waals surface area contributed by atoms with Gasteiger partial charge in [0.05, 0.1) is 11.7 Å². The van der Waals surface area contributed by atoms with Crippen molar-refractivity contribution in [2.45, 2.75) is 26.9 Å². The van der Waals surface area contributed by atoms with Gasteiger partial charge in [0.1, 0.15) is 6.61 Å². The molecule has 1 rings (SSSR count). The Morgan fingerprint density at radius 2 is 2.12 bits per heavy atom. The number of nitrogen functional groups attached to an aromatic ring is 1. The highest BCUT2D eigenvalue weighted by molar-refractivity contribution is 5.96. The molecule has 17 heavy (non-hydrogen) atoms. The van der Waals surface area contributed by atoms with Gasteiger partial charge in [-0.15, -0.1) is 0 Å². The van der Waals surface area contributed by atoms with Gasteiger partial charge in [-0.25, -0.2) is 4.79 Å². The zero-order valence-electron chi connectivity index (χ0n) is 10.4. The summed E-state index contributed by atoms with van der Waals surface area (Å²) >= 11 is 0. The number of aliphatic hydroxyl groups is 1. The van der Waals surface area contributed by atoms with E-state index in [1.165, 1.54) is 0 Å². The molecule has 0 bridgehead atoms. The molecule has 1 unspecified atom stereocenters. The summed E-state index contributed by atoms with van der Waals surface area (Å²) in [5.74, 6) is -0.433. The standard InChI is InChI=1S/C13H19NO3/c1-8(2)11(15)7-17-13(16)12-9(3)5-4-6-10(12)14/h4-6,8,11,15H,7,14H2,1-3H3. The molecule has 0 radical (unpaired) electrons. The van der Waals surface area contributed by atoms with Gasteiger partial charge in [0.2, 0.25) is 0 Å². The van der Waals surface area contributed by atoms with Crippen LogP contribution in [0.5, 0.6) is 0 Å². The summed E-state index contributed by atoms with van der Waals surface area (Å²) in [6, 6.07) is 5.23. The number of aryl methyl sites for hydroxylation is 1. The summed E-state index contributed by atoms with van der Waals surface area (Å²) in [4.78, 5) is 11.8. The Balaban J connectivity index is 2.71. The predicted octanol–water partition coefficient (Wildman–Crippen LogP) is 1.75. The smallest absolute Gasteiger partial charge is 0.340 e. The minimum absolute atomic E-state index is 0.00965. The Labute approximate surface area is 101 Å². The molecule has 0 heterocycles. The van der Waals surface area contributed by atoms with E-state index < -0.39 is 12.1 Å². The molecule has 1 aromatic carbocycles. The van der Waals surface area contributed by atoms with E-state index in [4.69, 9.17) is 10.5 Å². The Hall–Kier alpha value is -1.55. The van der Waals surface area contributed by atoms with Gasteiger partial charge < -0.3 is 15.6 Å². The lowest BCUT2D eigenvalue weighted by atomic mass is 10.1. The van der Waals surface area contributed by atoms with Crippen LogP contribution >= 0.6 is 0 Å². The molecule has 0 saturated carbocycles. The molecule has 0 aliphatic rings. The van der Waals surface area contributed by atoms with Crippen LogP contribution in [0.25, 0.3) is 0 Å². The average molecular weight is 237 g/mol. The molecule has 0 aromatic heterocycles. The molecule has 0 fully saturated rings. The van der Waals surface area contributed by atoms with Crippen LogP contribution < -0.4 is 5.73 Å². The first-order chi connectivity index (χ1) is 7.93. The third kappa shape index (κ3) is 3.46. The van der Waals surface area contributed by atoms with Gasteiger partial charge in [-0.1, -0.05) is 26.0 Å². The molecule has 0 aliphatic carbocycles. The van der Waals surface area contributed by atoms with E-state index in [-0.39, 0.29) is 12.5 Å². The van der Waals surface area contributed by atoms with Gasteiger partial charge in [0, 0.05) is 5.69 Å². The lowest BCUT2D eigenvalue weighted by molar-refractivity contribution is 0.0137. The number of rotatable bonds is 4. The fraction of sp³-hybridized carbons (Fsp3) is 0.462. The van der Waals surface area contributed by atoms with Gasteiger partial charge in [-0.05, 0) is 24.5 Å². The molecule has 1 atom stereocenters. The maximum Gasteiger partial charge on any atom is 0.340 e. The minimum Gasteiger partial charge on any atom is -0.459 e. The summed E-state index contributed by atoms with van der Waals surface area (Å²) in [5.41, 5.74) is 7.27. The van der Waals surface area contributed by atoms with Crippen LogP contribution in [0.15, 0.2) is 18.2 Å². The number of aliphatic hydroxyl groups excluding tert-OH is 1. The number of nitrogens with two attached hydrogens (primary N) is 1. The van der Waals surface area contributed by atoms with Crippen molar-refractivity contribution in [3.8, 4) is 0 Å². The molecule has 0 aliphatic heterocycles. The second-order valence-corrected chi connectivity index (χ2v) is 4.45. The van der Waals surface area contributed by atoms with E-state index in [0.717, 1.165) is 5.56 Å². The first-order valence-electron chi connectivity index (χ1n) is 5.63. The number of benzene rings is 1. The lowest BCUT2D eigenvalue weighted by Gasteiger charge is -2.15. The normalized spacial score (nSPS) is 12.5. The lowest BCUT2D eigenvalue weighted by Crippen LogP contribution is -2.24. The number of hydrogen-bond donors (Lipinski definition) is 2. The Morgan fingerprint density at radius 1 is 1.47 bits per heavy atom. The first kappa shape index (κ1) is 13.5. The number of esters is 1. The zero-order chi connectivity index (χ0) is 13.0. The summed E-state index contributed by atoms with van der Waals surface area (Å²) in [5, 5.41) is 9.55. The SMILES string of the molecule is Cc1cccc(N)c1C(=O)OCC(O)C(C)C. The molecule has 0 spiro atoms. The second kappa shape index (κ2) is 5.68. The van der Waals surface area contributed by atoms with Crippen molar-refractivity contribution >= 4 is 11.7 Å². The maximum atomic E-state index is 11.8. The van der Waals surface area contributed by atoms with Gasteiger partial charge in [-0.3, -0.25) is 0 Å². The van der Waals surface area contributed by atoms with Crippen LogP contribution in [-0.4, -0.2) is 23.8 Å². The van der Waals surface area contributed by atoms with E-state index >= 15 is 0 Å². The van der Waals surface area contributed by atoms with E-state index in [9.17, 15) is 9.90 Å². The summed E-state index contributed by atoms with van der Waals surface area (Å²) < 4.78 is 5.04. The minimum atomic E-state index is -0.649. The van der Waals surface area contributed by atoms with Gasteiger partial charge >= 0.3 is 5.97 Å². The Morgan fingerprint density at radius 3 is 2.65 bits per heavy atom. The van der Waals surface area contributed by atoms with Gasteiger partial charge in [0.15, 0.2) is 0 Å². The highest BCUT2D eigenvalue weighted by Gasteiger charge is 2.17. The molecular formula is C13H19NO3. The second-order valence-electron chi connectivity index (χ2n) is 4.45. The molecule has 4 heteroatoms. The van der Waals surface area contributed by atoms with Gasteiger partial charge in [0.25, 0.3) is 0 Å². The first-order valence-corrected chi connectivity index (χ1v) is 5.63. The molecular weight excluding hydrogens is 218 g/mol. The Bertz CT molecular complexity index is 381. The zero-order valence-corrected chi connectivity index (χ0v) is 10.4. The number of carbonyl (C=O) groups is 1. The van der Waals surface area contributed by atoms with Crippen LogP contribution in [0, 0.1) is 12.8 Å². The van der Waals surface area contributed by atoms with Crippen molar-refractivity contribution in [3.63, 3.8) is 0 Å². The summed E-state index contributed by atoms with van der Waals surface area (Å²) in [6.07, 6.45) is -0.649. The van der Waals surface area contributed by atoms with Crippen molar-refractivity contribution < 1.29 is 14.6 Å². The third-order valence-corrected chi connectivity index (χ3v) is 2.66. The van der Waals surface area contributed by atoms with Crippen LogP contribution in [0.3, 0.4) is 0 Å². The van der Waals surface area contributed by atoms with E-state index in [1.807, 2.05) is 13.8 Å². The van der Waals surface area contributed by atoms with E-state index in [0.29, 0.717) is 11.3 Å². The van der Waals surface area contributed by atoms with Crippen molar-refractivity contribution in [1.29, 1.82) is 0 Å². The largest absolute Gasteiger partial charge is 0.459 e. The summed E-state index contributed by atoms with van der Waals surface area (Å²) in [7, 11) is 0.